The first-order valence-corrected chi connectivity index (χ1v) is 9.56. The molecule has 0 bridgehead atoms. The highest BCUT2D eigenvalue weighted by Crippen LogP contribution is 2.28. The molecule has 0 aliphatic heterocycles. The Labute approximate surface area is 153 Å². The van der Waals surface area contributed by atoms with Gasteiger partial charge in [0.15, 0.2) is 5.12 Å². The maximum atomic E-state index is 12.7. The number of hydrogen-bond acceptors (Lipinski definition) is 4. The molecule has 3 atom stereocenters. The van der Waals surface area contributed by atoms with Crippen molar-refractivity contribution in [2.45, 2.75) is 52.0 Å². The normalized spacial score (nSPS) is 14.4. The predicted molar refractivity (Wildman–Crippen MR) is 101 cm³/mol. The van der Waals surface area contributed by atoms with Gasteiger partial charge in [-0.05, 0) is 17.9 Å². The number of carboxylic acid groups (broad SMARTS) is 1. The lowest BCUT2D eigenvalue weighted by Crippen LogP contribution is -2.45. The minimum Gasteiger partial charge on any atom is -0.480 e. The molecule has 2 N–H and O–H groups in total. The standard InChI is InChI=1S/C19H27NO4S/c1-4-5-11-17(19(23)24)20-18(22)16(12-25-14(3)21)13(2)15-9-7-6-8-10-15/h6-10,13,16-17H,4-5,11-12H2,1-3H3,(H,20,22)(H,23,24)/t13?,16?,17-/m0/s1. The molecule has 0 aromatic heterocycles. The molecule has 0 saturated carbocycles. The summed E-state index contributed by atoms with van der Waals surface area (Å²) in [4.78, 5) is 35.5. The Hall–Kier alpha value is -1.82. The minimum atomic E-state index is -1.02. The van der Waals surface area contributed by atoms with Crippen LogP contribution in [-0.4, -0.2) is 33.9 Å². The number of amides is 1. The van der Waals surface area contributed by atoms with Crippen molar-refractivity contribution in [2.24, 2.45) is 5.92 Å². The van der Waals surface area contributed by atoms with E-state index < -0.39 is 17.9 Å². The van der Waals surface area contributed by atoms with E-state index in [0.717, 1.165) is 30.2 Å². The topological polar surface area (TPSA) is 83.5 Å². The summed E-state index contributed by atoms with van der Waals surface area (Å²) in [6.45, 7) is 5.38. The largest absolute Gasteiger partial charge is 0.480 e. The first-order chi connectivity index (χ1) is 11.9. The van der Waals surface area contributed by atoms with Gasteiger partial charge in [-0.3, -0.25) is 9.59 Å². The molecule has 1 amide bonds. The van der Waals surface area contributed by atoms with Crippen LogP contribution in [0.3, 0.4) is 0 Å². The Morgan fingerprint density at radius 3 is 2.36 bits per heavy atom. The van der Waals surface area contributed by atoms with Crippen molar-refractivity contribution in [1.29, 1.82) is 0 Å². The molecule has 0 aliphatic carbocycles. The number of nitrogens with one attached hydrogen (secondary N) is 1. The van der Waals surface area contributed by atoms with Crippen molar-refractivity contribution in [3.8, 4) is 0 Å². The van der Waals surface area contributed by atoms with Crippen LogP contribution in [0.4, 0.5) is 0 Å². The van der Waals surface area contributed by atoms with Gasteiger partial charge in [0.2, 0.25) is 5.91 Å². The van der Waals surface area contributed by atoms with Gasteiger partial charge in [0.25, 0.3) is 0 Å². The van der Waals surface area contributed by atoms with Crippen LogP contribution in [-0.2, 0) is 14.4 Å². The fourth-order valence-electron chi connectivity index (χ4n) is 2.59. The Balaban J connectivity index is 2.91. The second-order valence-corrected chi connectivity index (χ2v) is 7.35. The summed E-state index contributed by atoms with van der Waals surface area (Å²) in [6.07, 6.45) is 2.01. The average Bonchev–Trinajstić information content (AvgIpc) is 2.58. The quantitative estimate of drug-likeness (QED) is 0.663. The van der Waals surface area contributed by atoms with Gasteiger partial charge in [-0.25, -0.2) is 4.79 Å². The first kappa shape index (κ1) is 21.2. The second kappa shape index (κ2) is 10.9. The number of carboxylic acids is 1. The van der Waals surface area contributed by atoms with Crippen molar-refractivity contribution >= 4 is 28.8 Å². The average molecular weight is 365 g/mol. The van der Waals surface area contributed by atoms with E-state index in [1.165, 1.54) is 6.92 Å². The van der Waals surface area contributed by atoms with E-state index in [4.69, 9.17) is 0 Å². The molecule has 0 spiro atoms. The van der Waals surface area contributed by atoms with Crippen LogP contribution in [0, 0.1) is 5.92 Å². The maximum absolute atomic E-state index is 12.7. The smallest absolute Gasteiger partial charge is 0.326 e. The molecule has 0 heterocycles. The van der Waals surface area contributed by atoms with Gasteiger partial charge in [-0.2, -0.15) is 0 Å². The van der Waals surface area contributed by atoms with Crippen molar-refractivity contribution in [1.82, 2.24) is 5.32 Å². The Morgan fingerprint density at radius 1 is 1.20 bits per heavy atom. The molecule has 0 saturated heterocycles. The van der Waals surface area contributed by atoms with Gasteiger partial charge >= 0.3 is 5.97 Å². The summed E-state index contributed by atoms with van der Waals surface area (Å²) < 4.78 is 0. The number of rotatable bonds is 10. The molecule has 6 heteroatoms. The second-order valence-electron chi connectivity index (χ2n) is 6.15. The van der Waals surface area contributed by atoms with E-state index in [-0.39, 0.29) is 16.9 Å². The fourth-order valence-corrected chi connectivity index (χ4v) is 3.44. The number of thioether (sulfide) groups is 1. The van der Waals surface area contributed by atoms with E-state index >= 15 is 0 Å². The fraction of sp³-hybridized carbons (Fsp3) is 0.526. The highest BCUT2D eigenvalue weighted by Gasteiger charge is 2.30. The Kier molecular flexibility index (Phi) is 9.27. The molecular formula is C19H27NO4S. The van der Waals surface area contributed by atoms with E-state index in [2.05, 4.69) is 5.32 Å². The number of carbonyl (C=O) groups excluding carboxylic acids is 2. The van der Waals surface area contributed by atoms with Gasteiger partial charge in [0.1, 0.15) is 6.04 Å². The molecule has 2 unspecified atom stereocenters. The van der Waals surface area contributed by atoms with Gasteiger partial charge in [0.05, 0.1) is 5.92 Å². The molecule has 0 aliphatic rings. The summed E-state index contributed by atoms with van der Waals surface area (Å²) in [5.74, 6) is -1.59. The van der Waals surface area contributed by atoms with E-state index in [1.54, 1.807) is 0 Å². The SMILES string of the molecule is CCCC[C@H](NC(=O)C(CSC(C)=O)C(C)c1ccccc1)C(=O)O. The summed E-state index contributed by atoms with van der Waals surface area (Å²) in [5, 5.41) is 11.9. The lowest BCUT2D eigenvalue weighted by atomic mass is 9.88. The summed E-state index contributed by atoms with van der Waals surface area (Å²) >= 11 is 1.10. The number of aliphatic carboxylic acids is 1. The first-order valence-electron chi connectivity index (χ1n) is 8.58. The zero-order chi connectivity index (χ0) is 18.8. The van der Waals surface area contributed by atoms with Gasteiger partial charge < -0.3 is 10.4 Å². The molecule has 138 valence electrons. The molecule has 0 fully saturated rings. The molecule has 25 heavy (non-hydrogen) atoms. The number of unbranched alkanes of at least 4 members (excludes halogenated alkanes) is 1. The molecule has 0 radical (unpaired) electrons. The summed E-state index contributed by atoms with van der Waals surface area (Å²) in [6, 6.07) is 8.70. The van der Waals surface area contributed by atoms with Crippen LogP contribution in [0.25, 0.3) is 0 Å². The molecule has 5 nitrogen and oxygen atoms in total. The van der Waals surface area contributed by atoms with Crippen LogP contribution < -0.4 is 5.32 Å². The third kappa shape index (κ3) is 7.30. The zero-order valence-corrected chi connectivity index (χ0v) is 15.8. The highest BCUT2D eigenvalue weighted by atomic mass is 32.2. The Morgan fingerprint density at radius 2 is 1.84 bits per heavy atom. The number of hydrogen-bond donors (Lipinski definition) is 2. The van der Waals surface area contributed by atoms with Gasteiger partial charge in [-0.15, -0.1) is 0 Å². The van der Waals surface area contributed by atoms with Crippen molar-refractivity contribution < 1.29 is 19.5 Å². The number of benzene rings is 1. The van der Waals surface area contributed by atoms with Crippen molar-refractivity contribution in [3.63, 3.8) is 0 Å². The molecule has 1 aromatic rings. The molecule has 1 rings (SSSR count). The van der Waals surface area contributed by atoms with Crippen LogP contribution in [0.2, 0.25) is 0 Å². The Bertz CT molecular complexity index is 576. The monoisotopic (exact) mass is 365 g/mol. The number of carbonyl (C=O) groups is 3. The van der Waals surface area contributed by atoms with Crippen LogP contribution in [0.1, 0.15) is 51.5 Å². The zero-order valence-electron chi connectivity index (χ0n) is 15.0. The van der Waals surface area contributed by atoms with Gasteiger partial charge in [0, 0.05) is 12.7 Å². The van der Waals surface area contributed by atoms with E-state index in [0.29, 0.717) is 12.2 Å². The van der Waals surface area contributed by atoms with Crippen molar-refractivity contribution in [3.05, 3.63) is 35.9 Å². The molecular weight excluding hydrogens is 338 g/mol. The predicted octanol–water partition coefficient (Wildman–Crippen LogP) is 3.45. The van der Waals surface area contributed by atoms with Crippen molar-refractivity contribution in [2.75, 3.05) is 5.75 Å². The summed E-state index contributed by atoms with van der Waals surface area (Å²) in [5.41, 5.74) is 0.993. The lowest BCUT2D eigenvalue weighted by molar-refractivity contribution is -0.142. The molecule has 1 aromatic carbocycles. The van der Waals surface area contributed by atoms with Crippen LogP contribution >= 0.6 is 11.8 Å². The van der Waals surface area contributed by atoms with E-state index in [1.807, 2.05) is 44.2 Å². The minimum absolute atomic E-state index is 0.0566. The van der Waals surface area contributed by atoms with E-state index in [9.17, 15) is 19.5 Å². The van der Waals surface area contributed by atoms with Crippen LogP contribution in [0.5, 0.6) is 0 Å². The van der Waals surface area contributed by atoms with Gasteiger partial charge in [-0.1, -0.05) is 68.8 Å². The van der Waals surface area contributed by atoms with Crippen LogP contribution in [0.15, 0.2) is 30.3 Å². The maximum Gasteiger partial charge on any atom is 0.326 e. The third-order valence-electron chi connectivity index (χ3n) is 4.19. The highest BCUT2D eigenvalue weighted by molar-refractivity contribution is 8.13. The third-order valence-corrected chi connectivity index (χ3v) is 5.13. The summed E-state index contributed by atoms with van der Waals surface area (Å²) in [7, 11) is 0. The lowest BCUT2D eigenvalue weighted by Gasteiger charge is -2.25.